The van der Waals surface area contributed by atoms with E-state index in [1.165, 1.54) is 17.4 Å². The molecule has 0 N–H and O–H groups in total. The molecule has 0 saturated carbocycles. The number of nitrogens with zero attached hydrogens (tertiary/aromatic N) is 1. The smallest absolute Gasteiger partial charge is 0.209 e. The summed E-state index contributed by atoms with van der Waals surface area (Å²) in [4.78, 5) is 4.12. The molecule has 1 aromatic heterocycles. The van der Waals surface area contributed by atoms with Crippen LogP contribution in [0.4, 0.5) is 4.39 Å². The van der Waals surface area contributed by atoms with Gasteiger partial charge in [0.05, 0.1) is 15.6 Å². The number of ether oxygens (including phenoxy) is 2. The maximum Gasteiger partial charge on any atom is 0.209 e. The summed E-state index contributed by atoms with van der Waals surface area (Å²) in [6.07, 6.45) is -0.506. The van der Waals surface area contributed by atoms with E-state index in [-0.39, 0.29) is 5.75 Å². The van der Waals surface area contributed by atoms with Gasteiger partial charge in [-0.1, -0.05) is 11.6 Å². The van der Waals surface area contributed by atoms with Crippen molar-refractivity contribution in [2.24, 2.45) is 0 Å². The van der Waals surface area contributed by atoms with Gasteiger partial charge in [0.2, 0.25) is 6.29 Å². The van der Waals surface area contributed by atoms with Crippen LogP contribution in [0.2, 0.25) is 4.47 Å². The Hall–Kier alpha value is -0.910. The average molecular weight is 288 g/mol. The van der Waals surface area contributed by atoms with E-state index in [9.17, 15) is 4.39 Å². The summed E-state index contributed by atoms with van der Waals surface area (Å²) < 4.78 is 26.1. The molecular weight excluding hydrogens is 277 g/mol. The molecule has 1 aliphatic heterocycles. The summed E-state index contributed by atoms with van der Waals surface area (Å²) >= 11 is 7.25. The number of aromatic nitrogens is 1. The van der Waals surface area contributed by atoms with Crippen molar-refractivity contribution in [1.29, 1.82) is 0 Å². The lowest BCUT2D eigenvalue weighted by atomic mass is 9.85. The van der Waals surface area contributed by atoms with Gasteiger partial charge in [-0.15, -0.1) is 11.3 Å². The maximum atomic E-state index is 14.0. The van der Waals surface area contributed by atoms with Crippen molar-refractivity contribution in [3.63, 3.8) is 0 Å². The van der Waals surface area contributed by atoms with E-state index in [0.717, 1.165) is 10.3 Å². The minimum Gasteiger partial charge on any atom is -0.461 e. The summed E-state index contributed by atoms with van der Waals surface area (Å²) in [6, 6.07) is 1.35. The van der Waals surface area contributed by atoms with Crippen LogP contribution in [0.25, 0.3) is 10.2 Å². The van der Waals surface area contributed by atoms with Crippen LogP contribution in [0.5, 0.6) is 5.75 Å². The van der Waals surface area contributed by atoms with E-state index in [4.69, 9.17) is 21.1 Å². The van der Waals surface area contributed by atoms with E-state index in [0.29, 0.717) is 9.98 Å². The van der Waals surface area contributed by atoms with Crippen molar-refractivity contribution in [3.05, 3.63) is 21.9 Å². The zero-order chi connectivity index (χ0) is 13.1. The Bertz CT molecular complexity index is 641. The number of hydrogen-bond acceptors (Lipinski definition) is 4. The Morgan fingerprint density at radius 2 is 2.28 bits per heavy atom. The lowest BCUT2D eigenvalue weighted by molar-refractivity contribution is -0.0789. The van der Waals surface area contributed by atoms with E-state index in [2.05, 4.69) is 4.98 Å². The summed E-state index contributed by atoms with van der Waals surface area (Å²) in [6.45, 7) is 3.92. The first-order valence-corrected chi connectivity index (χ1v) is 6.63. The first-order chi connectivity index (χ1) is 8.45. The molecule has 18 heavy (non-hydrogen) atoms. The highest BCUT2D eigenvalue weighted by Gasteiger charge is 2.45. The fourth-order valence-corrected chi connectivity index (χ4v) is 3.71. The predicted octanol–water partition coefficient (Wildman–Crippen LogP) is 3.73. The Labute approximate surface area is 112 Å². The van der Waals surface area contributed by atoms with Gasteiger partial charge in [-0.3, -0.25) is 0 Å². The molecule has 0 aliphatic carbocycles. The molecular formula is C12H11ClFNO2S. The van der Waals surface area contributed by atoms with E-state index < -0.39 is 17.5 Å². The van der Waals surface area contributed by atoms with Crippen LogP contribution >= 0.6 is 22.9 Å². The number of thiazole rings is 1. The zero-order valence-corrected chi connectivity index (χ0v) is 11.7. The predicted molar refractivity (Wildman–Crippen MR) is 69.0 cm³/mol. The second-order valence-electron chi connectivity index (χ2n) is 4.78. The minimum atomic E-state index is -0.506. The number of rotatable bonds is 1. The van der Waals surface area contributed by atoms with Crippen LogP contribution in [-0.4, -0.2) is 18.4 Å². The quantitative estimate of drug-likeness (QED) is 0.801. The van der Waals surface area contributed by atoms with Crippen molar-refractivity contribution < 1.29 is 13.9 Å². The van der Waals surface area contributed by atoms with Crippen molar-refractivity contribution >= 4 is 33.2 Å². The first-order valence-electron chi connectivity index (χ1n) is 5.43. The third-order valence-corrected chi connectivity index (χ3v) is 4.43. The first kappa shape index (κ1) is 12.1. The monoisotopic (exact) mass is 287 g/mol. The van der Waals surface area contributed by atoms with Gasteiger partial charge in [0.25, 0.3) is 0 Å². The zero-order valence-electron chi connectivity index (χ0n) is 10.1. The molecule has 2 heterocycles. The van der Waals surface area contributed by atoms with Gasteiger partial charge < -0.3 is 9.47 Å². The molecule has 0 amide bonds. The van der Waals surface area contributed by atoms with E-state index in [1.54, 1.807) is 7.11 Å². The van der Waals surface area contributed by atoms with Crippen LogP contribution < -0.4 is 4.74 Å². The molecule has 0 saturated heterocycles. The van der Waals surface area contributed by atoms with Crippen LogP contribution in [0.3, 0.4) is 0 Å². The highest BCUT2D eigenvalue weighted by Crippen LogP contribution is 2.49. The Kier molecular flexibility index (Phi) is 2.56. The molecule has 1 aliphatic rings. The van der Waals surface area contributed by atoms with Crippen molar-refractivity contribution in [2.45, 2.75) is 25.6 Å². The van der Waals surface area contributed by atoms with E-state index in [1.807, 2.05) is 13.8 Å². The standard InChI is InChI=1S/C12H11ClFNO2S/c1-12(2)7-8(17-10(12)16-3)5(14)4-6-9(7)18-11(13)15-6/h4,10H,1-3H3. The van der Waals surface area contributed by atoms with Gasteiger partial charge >= 0.3 is 0 Å². The van der Waals surface area contributed by atoms with Crippen LogP contribution in [0.15, 0.2) is 6.07 Å². The van der Waals surface area contributed by atoms with Crippen molar-refractivity contribution in [2.75, 3.05) is 7.11 Å². The van der Waals surface area contributed by atoms with E-state index >= 15 is 0 Å². The van der Waals surface area contributed by atoms with Crippen LogP contribution in [0, 0.1) is 5.82 Å². The largest absolute Gasteiger partial charge is 0.461 e. The Morgan fingerprint density at radius 1 is 1.56 bits per heavy atom. The van der Waals surface area contributed by atoms with Crippen LogP contribution in [-0.2, 0) is 10.2 Å². The third kappa shape index (κ3) is 1.47. The third-order valence-electron chi connectivity index (χ3n) is 3.23. The number of halogens is 2. The molecule has 2 aromatic rings. The van der Waals surface area contributed by atoms with Gasteiger partial charge in [-0.05, 0) is 13.8 Å². The molecule has 1 unspecified atom stereocenters. The van der Waals surface area contributed by atoms with Gasteiger partial charge in [0, 0.05) is 18.7 Å². The highest BCUT2D eigenvalue weighted by atomic mass is 35.5. The topological polar surface area (TPSA) is 31.4 Å². The van der Waals surface area contributed by atoms with Gasteiger partial charge in [-0.2, -0.15) is 0 Å². The molecule has 0 radical (unpaired) electrons. The molecule has 96 valence electrons. The number of benzene rings is 1. The molecule has 0 fully saturated rings. The summed E-state index contributed by atoms with van der Waals surface area (Å²) in [5.74, 6) is -0.174. The molecule has 3 nitrogen and oxygen atoms in total. The van der Waals surface area contributed by atoms with Crippen LogP contribution in [0.1, 0.15) is 19.4 Å². The maximum absolute atomic E-state index is 14.0. The van der Waals surface area contributed by atoms with Gasteiger partial charge in [0.15, 0.2) is 16.0 Å². The number of fused-ring (bicyclic) bond motifs is 3. The van der Waals surface area contributed by atoms with Gasteiger partial charge in [0.1, 0.15) is 0 Å². The minimum absolute atomic E-state index is 0.250. The van der Waals surface area contributed by atoms with Gasteiger partial charge in [-0.25, -0.2) is 9.37 Å². The lowest BCUT2D eigenvalue weighted by Gasteiger charge is -2.24. The molecule has 1 aromatic carbocycles. The summed E-state index contributed by atoms with van der Waals surface area (Å²) in [5, 5.41) is 0. The number of hydrogen-bond donors (Lipinski definition) is 0. The van der Waals surface area contributed by atoms with Crippen molar-refractivity contribution in [3.8, 4) is 5.75 Å². The molecule has 3 rings (SSSR count). The normalized spacial score (nSPS) is 21.1. The summed E-state index contributed by atoms with van der Waals surface area (Å²) in [7, 11) is 1.55. The highest BCUT2D eigenvalue weighted by molar-refractivity contribution is 7.22. The summed E-state index contributed by atoms with van der Waals surface area (Å²) in [5.41, 5.74) is 0.906. The second-order valence-corrected chi connectivity index (χ2v) is 6.37. The second kappa shape index (κ2) is 3.79. The Balaban J connectivity index is 2.37. The lowest BCUT2D eigenvalue weighted by Crippen LogP contribution is -2.33. The molecule has 1 atom stereocenters. The molecule has 0 bridgehead atoms. The average Bonchev–Trinajstić information content (AvgIpc) is 2.76. The molecule has 6 heteroatoms. The molecule has 0 spiro atoms. The van der Waals surface area contributed by atoms with Crippen molar-refractivity contribution in [1.82, 2.24) is 4.98 Å². The number of methoxy groups -OCH3 is 1. The Morgan fingerprint density at radius 3 is 2.94 bits per heavy atom. The fourth-order valence-electron chi connectivity index (χ4n) is 2.41. The fraction of sp³-hybridized carbons (Fsp3) is 0.417. The SMILES string of the molecule is COC1Oc2c(F)cc3nc(Cl)sc3c2C1(C)C.